The van der Waals surface area contributed by atoms with Crippen LogP contribution in [-0.4, -0.2) is 28.6 Å². The Morgan fingerprint density at radius 1 is 1.65 bits per heavy atom. The van der Waals surface area contributed by atoms with Crippen molar-refractivity contribution in [3.63, 3.8) is 0 Å². The van der Waals surface area contributed by atoms with Crippen molar-refractivity contribution in [2.24, 2.45) is 5.41 Å². The van der Waals surface area contributed by atoms with Gasteiger partial charge in [0.05, 0.1) is 23.7 Å². The van der Waals surface area contributed by atoms with Gasteiger partial charge in [-0.2, -0.15) is 0 Å². The van der Waals surface area contributed by atoms with Crippen LogP contribution in [-0.2, 0) is 11.2 Å². The lowest BCUT2D eigenvalue weighted by atomic mass is 9.86. The van der Waals surface area contributed by atoms with Gasteiger partial charge in [0.15, 0.2) is 0 Å². The molecule has 1 aromatic rings. The van der Waals surface area contributed by atoms with Crippen molar-refractivity contribution < 1.29 is 9.90 Å². The summed E-state index contributed by atoms with van der Waals surface area (Å²) in [5.41, 5.74) is 0.681. The van der Waals surface area contributed by atoms with Crippen molar-refractivity contribution in [1.29, 1.82) is 0 Å². The average molecular weight is 296 g/mol. The molecule has 112 valence electrons. The second-order valence-corrected chi connectivity index (χ2v) is 7.22. The van der Waals surface area contributed by atoms with E-state index in [9.17, 15) is 9.90 Å². The molecule has 2 unspecified atom stereocenters. The molecule has 0 radical (unpaired) electrons. The van der Waals surface area contributed by atoms with E-state index in [2.05, 4.69) is 24.1 Å². The molecule has 0 aromatic carbocycles. The third-order valence-electron chi connectivity index (χ3n) is 4.18. The number of hydrogen-bond acceptors (Lipinski definition) is 4. The lowest BCUT2D eigenvalue weighted by Crippen LogP contribution is -2.45. The Labute approximate surface area is 124 Å². The Hall–Kier alpha value is -0.940. The highest BCUT2D eigenvalue weighted by Crippen LogP contribution is 2.37. The molecule has 5 heteroatoms. The average Bonchev–Trinajstić information content (AvgIpc) is 2.98. The van der Waals surface area contributed by atoms with Crippen LogP contribution in [0.15, 0.2) is 5.38 Å². The Balaban J connectivity index is 1.92. The molecule has 2 rings (SSSR count). The SMILES string of the molecule is CC(C)c1nc(CC(=O)NC2CCCC2(C)CO)cs1. The summed E-state index contributed by atoms with van der Waals surface area (Å²) in [6.45, 7) is 6.39. The first-order valence-electron chi connectivity index (χ1n) is 7.29. The van der Waals surface area contributed by atoms with Gasteiger partial charge in [-0.1, -0.05) is 27.2 Å². The molecule has 20 heavy (non-hydrogen) atoms. The van der Waals surface area contributed by atoms with Crippen LogP contribution in [0.4, 0.5) is 0 Å². The highest BCUT2D eigenvalue weighted by molar-refractivity contribution is 7.09. The quantitative estimate of drug-likeness (QED) is 0.877. The number of aliphatic hydroxyl groups is 1. The van der Waals surface area contributed by atoms with Crippen LogP contribution in [0, 0.1) is 5.41 Å². The monoisotopic (exact) mass is 296 g/mol. The number of aliphatic hydroxyl groups excluding tert-OH is 1. The van der Waals surface area contributed by atoms with Gasteiger partial charge in [0.2, 0.25) is 5.91 Å². The maximum absolute atomic E-state index is 12.1. The Kier molecular flexibility index (Phi) is 4.81. The first kappa shape index (κ1) is 15.4. The molecule has 1 fully saturated rings. The number of carbonyl (C=O) groups excluding carboxylic acids is 1. The van der Waals surface area contributed by atoms with Crippen molar-refractivity contribution in [3.8, 4) is 0 Å². The lowest BCUT2D eigenvalue weighted by molar-refractivity contribution is -0.122. The molecular weight excluding hydrogens is 272 g/mol. The molecule has 1 saturated carbocycles. The van der Waals surface area contributed by atoms with Crippen molar-refractivity contribution in [2.45, 2.75) is 58.4 Å². The van der Waals surface area contributed by atoms with Gasteiger partial charge in [-0.25, -0.2) is 4.98 Å². The van der Waals surface area contributed by atoms with Gasteiger partial charge >= 0.3 is 0 Å². The largest absolute Gasteiger partial charge is 0.396 e. The van der Waals surface area contributed by atoms with E-state index in [1.165, 1.54) is 0 Å². The summed E-state index contributed by atoms with van der Waals surface area (Å²) < 4.78 is 0. The second-order valence-electron chi connectivity index (χ2n) is 6.33. The van der Waals surface area contributed by atoms with Crippen LogP contribution in [0.5, 0.6) is 0 Å². The molecule has 4 nitrogen and oxygen atoms in total. The highest BCUT2D eigenvalue weighted by atomic mass is 32.1. The molecule has 1 aliphatic rings. The summed E-state index contributed by atoms with van der Waals surface area (Å²) in [7, 11) is 0. The summed E-state index contributed by atoms with van der Waals surface area (Å²) in [6.07, 6.45) is 3.33. The van der Waals surface area contributed by atoms with Gasteiger partial charge in [-0.3, -0.25) is 4.79 Å². The van der Waals surface area contributed by atoms with Gasteiger partial charge in [0.25, 0.3) is 0 Å². The predicted octanol–water partition coefficient (Wildman–Crippen LogP) is 2.48. The van der Waals surface area contributed by atoms with Crippen LogP contribution < -0.4 is 5.32 Å². The third kappa shape index (κ3) is 3.38. The van der Waals surface area contributed by atoms with Gasteiger partial charge < -0.3 is 10.4 Å². The number of nitrogens with one attached hydrogen (secondary N) is 1. The van der Waals surface area contributed by atoms with Crippen molar-refractivity contribution in [2.75, 3.05) is 6.61 Å². The molecule has 1 heterocycles. The van der Waals surface area contributed by atoms with Gasteiger partial charge in [0, 0.05) is 22.8 Å². The summed E-state index contributed by atoms with van der Waals surface area (Å²) in [5.74, 6) is 0.418. The fourth-order valence-electron chi connectivity index (χ4n) is 2.75. The summed E-state index contributed by atoms with van der Waals surface area (Å²) >= 11 is 1.62. The molecule has 1 aromatic heterocycles. The number of carbonyl (C=O) groups is 1. The van der Waals surface area contributed by atoms with E-state index in [4.69, 9.17) is 0 Å². The number of nitrogens with zero attached hydrogens (tertiary/aromatic N) is 1. The smallest absolute Gasteiger partial charge is 0.226 e. The summed E-state index contributed by atoms with van der Waals surface area (Å²) in [5, 5.41) is 15.6. The highest BCUT2D eigenvalue weighted by Gasteiger charge is 2.39. The molecule has 2 N–H and O–H groups in total. The van der Waals surface area contributed by atoms with E-state index >= 15 is 0 Å². The van der Waals surface area contributed by atoms with Crippen molar-refractivity contribution >= 4 is 17.2 Å². The zero-order valence-corrected chi connectivity index (χ0v) is 13.3. The number of rotatable bonds is 5. The van der Waals surface area contributed by atoms with Crippen LogP contribution in [0.3, 0.4) is 0 Å². The maximum atomic E-state index is 12.1. The standard InChI is InChI=1S/C15H24N2O2S/c1-10(2)14-16-11(8-20-14)7-13(19)17-12-5-4-6-15(12,3)9-18/h8,10,12,18H,4-7,9H2,1-3H3,(H,17,19). The minimum atomic E-state index is -0.166. The van der Waals surface area contributed by atoms with E-state index in [0.717, 1.165) is 30.0 Å². The van der Waals surface area contributed by atoms with Gasteiger partial charge in [-0.15, -0.1) is 11.3 Å². The second kappa shape index (κ2) is 6.22. The van der Waals surface area contributed by atoms with Crippen molar-refractivity contribution in [3.05, 3.63) is 16.1 Å². The van der Waals surface area contributed by atoms with Gasteiger partial charge in [0.1, 0.15) is 0 Å². The fourth-order valence-corrected chi connectivity index (χ4v) is 3.58. The third-order valence-corrected chi connectivity index (χ3v) is 5.38. The van der Waals surface area contributed by atoms with Gasteiger partial charge in [-0.05, 0) is 12.8 Å². The topological polar surface area (TPSA) is 62.2 Å². The predicted molar refractivity (Wildman–Crippen MR) is 80.9 cm³/mol. The molecule has 2 atom stereocenters. The molecule has 1 amide bonds. The minimum absolute atomic E-state index is 0.0113. The van der Waals surface area contributed by atoms with E-state index in [0.29, 0.717) is 12.3 Å². The molecule has 0 aliphatic heterocycles. The van der Waals surface area contributed by atoms with Crippen molar-refractivity contribution in [1.82, 2.24) is 10.3 Å². The molecule has 0 bridgehead atoms. The number of hydrogen-bond donors (Lipinski definition) is 2. The normalized spacial score (nSPS) is 26.1. The Bertz CT molecular complexity index is 472. The van der Waals surface area contributed by atoms with E-state index in [1.54, 1.807) is 11.3 Å². The Morgan fingerprint density at radius 2 is 2.40 bits per heavy atom. The van der Waals surface area contributed by atoms with E-state index in [-0.39, 0.29) is 24.0 Å². The number of aromatic nitrogens is 1. The zero-order chi connectivity index (χ0) is 14.8. The van der Waals surface area contributed by atoms with Crippen LogP contribution in [0.2, 0.25) is 0 Å². The summed E-state index contributed by atoms with van der Waals surface area (Å²) in [6, 6.07) is 0.0863. The number of amides is 1. The molecule has 0 saturated heterocycles. The van der Waals surface area contributed by atoms with Crippen LogP contribution in [0.25, 0.3) is 0 Å². The first-order valence-corrected chi connectivity index (χ1v) is 8.17. The maximum Gasteiger partial charge on any atom is 0.226 e. The zero-order valence-electron chi connectivity index (χ0n) is 12.5. The van der Waals surface area contributed by atoms with E-state index in [1.807, 2.05) is 12.3 Å². The fraction of sp³-hybridized carbons (Fsp3) is 0.733. The Morgan fingerprint density at radius 3 is 3.00 bits per heavy atom. The molecular formula is C15H24N2O2S. The molecule has 0 spiro atoms. The van der Waals surface area contributed by atoms with E-state index < -0.39 is 0 Å². The summed E-state index contributed by atoms with van der Waals surface area (Å²) in [4.78, 5) is 16.6. The van der Waals surface area contributed by atoms with Crippen LogP contribution >= 0.6 is 11.3 Å². The molecule has 1 aliphatic carbocycles. The van der Waals surface area contributed by atoms with Crippen LogP contribution in [0.1, 0.15) is 56.7 Å². The lowest BCUT2D eigenvalue weighted by Gasteiger charge is -2.30. The first-order chi connectivity index (χ1) is 9.44. The minimum Gasteiger partial charge on any atom is -0.396 e. The number of thiazole rings is 1.